The lowest BCUT2D eigenvalue weighted by Gasteiger charge is -2.36. The van der Waals surface area contributed by atoms with E-state index in [2.05, 4.69) is 10.2 Å². The van der Waals surface area contributed by atoms with Gasteiger partial charge in [0.2, 0.25) is 23.6 Å². The zero-order valence-corrected chi connectivity index (χ0v) is 14.8. The number of hydrogen-bond donors (Lipinski definition) is 0. The number of aromatic nitrogens is 2. The van der Waals surface area contributed by atoms with Crippen LogP contribution in [0.1, 0.15) is 69.1 Å². The Morgan fingerprint density at radius 1 is 0.840 bits per heavy atom. The van der Waals surface area contributed by atoms with Gasteiger partial charge in [0.25, 0.3) is 0 Å². The summed E-state index contributed by atoms with van der Waals surface area (Å²) in [5.74, 6) is 2.75. The van der Waals surface area contributed by atoms with Crippen molar-refractivity contribution in [3.63, 3.8) is 0 Å². The molecule has 25 heavy (non-hydrogen) atoms. The summed E-state index contributed by atoms with van der Waals surface area (Å²) in [6.07, 6.45) is 5.68. The van der Waals surface area contributed by atoms with E-state index in [0.29, 0.717) is 19.0 Å². The zero-order valence-electron chi connectivity index (χ0n) is 14.8. The molecule has 3 fully saturated rings. The van der Waals surface area contributed by atoms with Crippen LogP contribution in [0.25, 0.3) is 0 Å². The highest BCUT2D eigenvalue weighted by molar-refractivity contribution is 5.79. The van der Waals surface area contributed by atoms with Gasteiger partial charge >= 0.3 is 0 Å². The van der Waals surface area contributed by atoms with Crippen LogP contribution in [0.2, 0.25) is 0 Å². The van der Waals surface area contributed by atoms with Crippen LogP contribution >= 0.6 is 0 Å². The van der Waals surface area contributed by atoms with Crippen LogP contribution in [0.3, 0.4) is 0 Å². The molecule has 0 N–H and O–H groups in total. The Kier molecular flexibility index (Phi) is 4.48. The number of amides is 2. The molecule has 2 amide bonds. The molecule has 0 atom stereocenters. The van der Waals surface area contributed by atoms with Gasteiger partial charge in [-0.25, -0.2) is 0 Å². The molecular formula is C18H26N4O3. The van der Waals surface area contributed by atoms with Crippen molar-refractivity contribution in [2.24, 2.45) is 5.92 Å². The van der Waals surface area contributed by atoms with Crippen LogP contribution in [-0.2, 0) is 9.59 Å². The predicted molar refractivity (Wildman–Crippen MR) is 89.8 cm³/mol. The number of likely N-dealkylation sites (tertiary alicyclic amines) is 2. The first kappa shape index (κ1) is 16.5. The molecule has 1 saturated carbocycles. The lowest BCUT2D eigenvalue weighted by molar-refractivity contribution is -0.141. The Labute approximate surface area is 147 Å². The number of carbonyl (C=O) groups excluding carboxylic acids is 2. The minimum Gasteiger partial charge on any atom is -0.425 e. The fraction of sp³-hybridized carbons (Fsp3) is 0.778. The minimum absolute atomic E-state index is 0.0667. The zero-order chi connectivity index (χ0) is 17.4. The molecule has 7 nitrogen and oxygen atoms in total. The van der Waals surface area contributed by atoms with E-state index in [4.69, 9.17) is 4.42 Å². The Morgan fingerprint density at radius 2 is 1.36 bits per heavy atom. The molecule has 136 valence electrons. The van der Waals surface area contributed by atoms with Gasteiger partial charge in [-0.15, -0.1) is 10.2 Å². The van der Waals surface area contributed by atoms with E-state index < -0.39 is 0 Å². The molecule has 2 aliphatic heterocycles. The van der Waals surface area contributed by atoms with Gasteiger partial charge in [0.15, 0.2) is 0 Å². The fourth-order valence-corrected chi connectivity index (χ4v) is 3.95. The number of rotatable bonds is 3. The Morgan fingerprint density at radius 3 is 1.88 bits per heavy atom. The maximum atomic E-state index is 12.7. The average molecular weight is 346 g/mol. The van der Waals surface area contributed by atoms with E-state index in [1.807, 2.05) is 9.80 Å². The molecule has 0 spiro atoms. The minimum atomic E-state index is 0.0667. The van der Waals surface area contributed by atoms with E-state index in [1.165, 1.54) is 0 Å². The van der Waals surface area contributed by atoms with Crippen molar-refractivity contribution in [2.45, 2.75) is 57.3 Å². The first-order chi connectivity index (χ1) is 12.1. The number of carbonyl (C=O) groups is 2. The van der Waals surface area contributed by atoms with Gasteiger partial charge in [-0.1, -0.05) is 0 Å². The Balaban J connectivity index is 1.28. The quantitative estimate of drug-likeness (QED) is 0.835. The predicted octanol–water partition coefficient (Wildman–Crippen LogP) is 1.91. The van der Waals surface area contributed by atoms with Gasteiger partial charge in [0.05, 0.1) is 0 Å². The molecule has 2 saturated heterocycles. The molecule has 1 aromatic rings. The van der Waals surface area contributed by atoms with Crippen molar-refractivity contribution in [3.05, 3.63) is 11.8 Å². The molecule has 3 heterocycles. The number of hydrogen-bond acceptors (Lipinski definition) is 5. The topological polar surface area (TPSA) is 79.5 Å². The van der Waals surface area contributed by atoms with Gasteiger partial charge in [-0.05, 0) is 38.5 Å². The third kappa shape index (κ3) is 3.55. The highest BCUT2D eigenvalue weighted by atomic mass is 16.4. The van der Waals surface area contributed by atoms with Gasteiger partial charge in [0, 0.05) is 50.9 Å². The van der Waals surface area contributed by atoms with E-state index in [0.717, 1.165) is 63.4 Å². The van der Waals surface area contributed by atoms with Crippen LogP contribution in [0.4, 0.5) is 0 Å². The Bertz CT molecular complexity index is 639. The molecule has 7 heteroatoms. The van der Waals surface area contributed by atoms with Crippen LogP contribution in [0.15, 0.2) is 4.42 Å². The third-order valence-electron chi connectivity index (χ3n) is 5.83. The van der Waals surface area contributed by atoms with Gasteiger partial charge in [-0.3, -0.25) is 9.59 Å². The van der Waals surface area contributed by atoms with Gasteiger partial charge in [0.1, 0.15) is 0 Å². The average Bonchev–Trinajstić information content (AvgIpc) is 3.38. The van der Waals surface area contributed by atoms with Gasteiger partial charge < -0.3 is 14.2 Å². The molecule has 0 unspecified atom stereocenters. The number of nitrogens with zero attached hydrogens (tertiary/aromatic N) is 4. The first-order valence-electron chi connectivity index (χ1n) is 9.49. The van der Waals surface area contributed by atoms with Crippen molar-refractivity contribution < 1.29 is 14.0 Å². The summed E-state index contributed by atoms with van der Waals surface area (Å²) in [5.41, 5.74) is 0. The molecular weight excluding hydrogens is 320 g/mol. The smallest absolute Gasteiger partial charge is 0.225 e. The second-order valence-electron chi connectivity index (χ2n) is 7.63. The van der Waals surface area contributed by atoms with Crippen LogP contribution in [-0.4, -0.2) is 58.0 Å². The van der Waals surface area contributed by atoms with Crippen molar-refractivity contribution >= 4 is 11.8 Å². The molecule has 0 radical (unpaired) electrons. The van der Waals surface area contributed by atoms with Crippen molar-refractivity contribution in [1.29, 1.82) is 0 Å². The first-order valence-corrected chi connectivity index (χ1v) is 9.49. The fourth-order valence-electron chi connectivity index (χ4n) is 3.95. The third-order valence-corrected chi connectivity index (χ3v) is 5.83. The maximum absolute atomic E-state index is 12.7. The molecule has 0 bridgehead atoms. The summed E-state index contributed by atoms with van der Waals surface area (Å²) in [7, 11) is 0. The maximum Gasteiger partial charge on any atom is 0.225 e. The van der Waals surface area contributed by atoms with E-state index in [9.17, 15) is 9.59 Å². The summed E-state index contributed by atoms with van der Waals surface area (Å²) in [4.78, 5) is 28.0. The van der Waals surface area contributed by atoms with Crippen molar-refractivity contribution in [1.82, 2.24) is 20.0 Å². The summed E-state index contributed by atoms with van der Waals surface area (Å²) < 4.78 is 5.83. The molecule has 1 aliphatic carbocycles. The van der Waals surface area contributed by atoms with E-state index in [-0.39, 0.29) is 23.7 Å². The normalized spacial score (nSPS) is 23.1. The second kappa shape index (κ2) is 6.77. The van der Waals surface area contributed by atoms with E-state index in [1.54, 1.807) is 6.92 Å². The van der Waals surface area contributed by atoms with Crippen LogP contribution in [0.5, 0.6) is 0 Å². The molecule has 0 aromatic carbocycles. The summed E-state index contributed by atoms with van der Waals surface area (Å²) >= 11 is 0. The van der Waals surface area contributed by atoms with Crippen molar-refractivity contribution in [3.8, 4) is 0 Å². The van der Waals surface area contributed by atoms with Crippen LogP contribution in [0, 0.1) is 5.92 Å². The molecule has 4 rings (SSSR count). The van der Waals surface area contributed by atoms with Crippen molar-refractivity contribution in [2.75, 3.05) is 26.2 Å². The lowest BCUT2D eigenvalue weighted by Crippen LogP contribution is -2.46. The molecule has 1 aromatic heterocycles. The Hall–Kier alpha value is -1.92. The standard InChI is InChI=1S/C18H26N4O3/c1-12(23)21-8-6-15(7-9-21)18(24)22-10-4-14(5-11-22)17-20-19-16(25-17)13-2-3-13/h13-15H,2-11H2,1H3. The lowest BCUT2D eigenvalue weighted by atomic mass is 9.92. The largest absolute Gasteiger partial charge is 0.425 e. The van der Waals surface area contributed by atoms with Crippen LogP contribution < -0.4 is 0 Å². The summed E-state index contributed by atoms with van der Waals surface area (Å²) in [5, 5.41) is 8.40. The highest BCUT2D eigenvalue weighted by Crippen LogP contribution is 2.40. The van der Waals surface area contributed by atoms with Gasteiger partial charge in [-0.2, -0.15) is 0 Å². The SMILES string of the molecule is CC(=O)N1CCC(C(=O)N2CCC(c3nnc(C4CC4)o3)CC2)CC1. The second-order valence-corrected chi connectivity index (χ2v) is 7.63. The molecule has 3 aliphatic rings. The monoisotopic (exact) mass is 346 g/mol. The summed E-state index contributed by atoms with van der Waals surface area (Å²) in [6, 6.07) is 0. The van der Waals surface area contributed by atoms with E-state index >= 15 is 0 Å². The summed E-state index contributed by atoms with van der Waals surface area (Å²) in [6.45, 7) is 4.52. The number of piperidine rings is 2. The highest BCUT2D eigenvalue weighted by Gasteiger charge is 2.34.